The summed E-state index contributed by atoms with van der Waals surface area (Å²) in [6.07, 6.45) is 0.816. The third kappa shape index (κ3) is 2.34. The van der Waals surface area contributed by atoms with E-state index >= 15 is 0 Å². The zero-order valence-electron chi connectivity index (χ0n) is 8.08. The van der Waals surface area contributed by atoms with E-state index in [-0.39, 0.29) is 0 Å². The molecule has 0 aromatic carbocycles. The van der Waals surface area contributed by atoms with Crippen LogP contribution in [0.4, 0.5) is 13.2 Å². The van der Waals surface area contributed by atoms with E-state index < -0.39 is 34.5 Å². The van der Waals surface area contributed by atoms with Crippen molar-refractivity contribution in [3.05, 3.63) is 11.8 Å². The molecule has 1 rings (SSSR count). The average molecular weight is 219 g/mol. The van der Waals surface area contributed by atoms with Crippen molar-refractivity contribution in [3.63, 3.8) is 0 Å². The Morgan fingerprint density at radius 1 is 1.69 bits per heavy atom. The topological polar surface area (TPSA) is 55.4 Å². The minimum Gasteiger partial charge on any atom is -0.379 e. The van der Waals surface area contributed by atoms with E-state index in [1.807, 2.05) is 0 Å². The lowest BCUT2D eigenvalue weighted by atomic mass is 10.5. The lowest BCUT2D eigenvalue weighted by Gasteiger charge is -2.09. The molecule has 4 nitrogen and oxygen atoms in total. The van der Waals surface area contributed by atoms with Crippen molar-refractivity contribution in [1.82, 2.24) is 5.31 Å². The smallest absolute Gasteiger partial charge is 0.379 e. The van der Waals surface area contributed by atoms with Gasteiger partial charge in [-0.15, -0.1) is 0 Å². The van der Waals surface area contributed by atoms with Crippen LogP contribution in [0.3, 0.4) is 0 Å². The van der Waals surface area contributed by atoms with Crippen LogP contribution in [0.25, 0.3) is 0 Å². The maximum absolute atomic E-state index is 11.8. The monoisotopic (exact) mass is 219 g/mol. The first-order valence-electron chi connectivity index (χ1n) is 4.05. The van der Waals surface area contributed by atoms with E-state index in [0.29, 0.717) is 5.31 Å². The van der Waals surface area contributed by atoms with Gasteiger partial charge in [-0.05, 0) is 6.08 Å². The molecule has 8 heteroatoms. The molecule has 0 aromatic rings. The Balaban J connectivity index is 2.77. The summed E-state index contributed by atoms with van der Waals surface area (Å²) in [5.74, 6) is -0.567. The second-order valence-corrected chi connectivity index (χ2v) is 3.64. The molecular formula is C5H6F3NO3S. The van der Waals surface area contributed by atoms with E-state index in [0.717, 1.165) is 6.08 Å². The summed E-state index contributed by atoms with van der Waals surface area (Å²) >= 11 is 0. The lowest BCUT2D eigenvalue weighted by Crippen LogP contribution is -2.26. The van der Waals surface area contributed by atoms with Gasteiger partial charge in [0.2, 0.25) is 0 Å². The molecule has 0 radical (unpaired) electrons. The quantitative estimate of drug-likeness (QED) is 0.537. The fourth-order valence-corrected chi connectivity index (χ4v) is 1.06. The van der Waals surface area contributed by atoms with Gasteiger partial charge in [0.15, 0.2) is 0 Å². The first-order chi connectivity index (χ1) is 6.63. The highest BCUT2D eigenvalue weighted by Gasteiger charge is 2.48. The molecule has 13 heavy (non-hydrogen) atoms. The number of alkyl halides is 3. The van der Waals surface area contributed by atoms with Gasteiger partial charge in [0.25, 0.3) is 0 Å². The van der Waals surface area contributed by atoms with Crippen LogP contribution in [0, 0.1) is 0 Å². The van der Waals surface area contributed by atoms with Gasteiger partial charge in [-0.1, -0.05) is 0 Å². The minimum atomic E-state index is -5.69. The van der Waals surface area contributed by atoms with Crippen LogP contribution in [0.15, 0.2) is 11.8 Å². The van der Waals surface area contributed by atoms with Gasteiger partial charge >= 0.3 is 15.6 Å². The van der Waals surface area contributed by atoms with Crippen molar-refractivity contribution >= 4 is 10.1 Å². The highest BCUT2D eigenvalue weighted by atomic mass is 32.2. The maximum Gasteiger partial charge on any atom is 0.534 e. The molecule has 1 unspecified atom stereocenters. The fourth-order valence-electron chi connectivity index (χ4n) is 0.574. The van der Waals surface area contributed by atoms with Gasteiger partial charge < -0.3 is 9.49 Å². The molecule has 1 aliphatic heterocycles. The van der Waals surface area contributed by atoms with E-state index in [1.165, 1.54) is 0 Å². The largest absolute Gasteiger partial charge is 0.534 e. The summed E-state index contributed by atoms with van der Waals surface area (Å²) in [5, 5.41) is 0.571. The third-order valence-electron chi connectivity index (χ3n) is 1.11. The van der Waals surface area contributed by atoms with E-state index in [4.69, 9.17) is 2.78 Å². The molecule has 0 aliphatic carbocycles. The van der Waals surface area contributed by atoms with E-state index in [2.05, 4.69) is 4.18 Å². The van der Waals surface area contributed by atoms with Crippen LogP contribution >= 0.6 is 0 Å². The van der Waals surface area contributed by atoms with Crippen LogP contribution < -0.4 is 5.31 Å². The van der Waals surface area contributed by atoms with E-state index in [1.54, 1.807) is 0 Å². The second kappa shape index (κ2) is 3.18. The van der Waals surface area contributed by atoms with Crippen molar-refractivity contribution in [3.8, 4) is 0 Å². The zero-order valence-corrected chi connectivity index (χ0v) is 6.89. The molecule has 0 aromatic heterocycles. The van der Waals surface area contributed by atoms with Gasteiger partial charge in [-0.25, -0.2) is 0 Å². The molecule has 1 N–H and O–H groups in total. The molecule has 0 fully saturated rings. The summed E-state index contributed by atoms with van der Waals surface area (Å²) in [6, 6.07) is 0. The molecular weight excluding hydrogens is 211 g/mol. The standard InChI is InChI=1S/C5H6F3NO3S/c6-5(7,8)13(10,11)12-4-1-2-9-3-4/h1,9H,2-3H2/i2D/hD. The van der Waals surface area contributed by atoms with Gasteiger partial charge in [0.05, 0.1) is 6.54 Å². The highest BCUT2D eigenvalue weighted by Crippen LogP contribution is 2.26. The van der Waals surface area contributed by atoms with Crippen LogP contribution in [-0.4, -0.2) is 27.0 Å². The molecule has 1 heterocycles. The second-order valence-electron chi connectivity index (χ2n) is 2.11. The zero-order chi connectivity index (χ0) is 11.9. The van der Waals surface area contributed by atoms with Gasteiger partial charge in [-0.2, -0.15) is 21.6 Å². The number of rotatable bonds is 2. The van der Waals surface area contributed by atoms with Crippen LogP contribution in [0.5, 0.6) is 0 Å². The summed E-state index contributed by atoms with van der Waals surface area (Å²) < 4.78 is 74.2. The third-order valence-corrected chi connectivity index (χ3v) is 2.11. The van der Waals surface area contributed by atoms with Crippen molar-refractivity contribution in [2.24, 2.45) is 0 Å². The first kappa shape index (κ1) is 7.63. The summed E-state index contributed by atoms with van der Waals surface area (Å²) in [7, 11) is -5.69. The Bertz CT molecular complexity index is 379. The van der Waals surface area contributed by atoms with Gasteiger partial charge in [-0.3, -0.25) is 0 Å². The molecule has 0 saturated heterocycles. The van der Waals surface area contributed by atoms with Crippen molar-refractivity contribution in [1.29, 1.82) is 0 Å². The molecule has 76 valence electrons. The Hall–Kier alpha value is -0.760. The molecule has 1 aliphatic rings. The van der Waals surface area contributed by atoms with Gasteiger partial charge in [0.1, 0.15) is 7.17 Å². The predicted octanol–water partition coefficient (Wildman–Crippen LogP) is 0.340. The highest BCUT2D eigenvalue weighted by molar-refractivity contribution is 7.87. The number of hydrogen-bond acceptors (Lipinski definition) is 4. The summed E-state index contributed by atoms with van der Waals surface area (Å²) in [6.45, 7) is -1.69. The molecule has 0 bridgehead atoms. The average Bonchev–Trinajstić information content (AvgIpc) is 2.27. The normalized spacial score (nSPS) is 27.9. The van der Waals surface area contributed by atoms with Crippen molar-refractivity contribution < 1.29 is 28.6 Å². The molecule has 0 spiro atoms. The lowest BCUT2D eigenvalue weighted by molar-refractivity contribution is -0.0522. The van der Waals surface area contributed by atoms with E-state index in [9.17, 15) is 21.6 Å². The summed E-state index contributed by atoms with van der Waals surface area (Å²) in [4.78, 5) is 0. The fraction of sp³-hybridized carbons (Fsp3) is 0.600. The maximum atomic E-state index is 11.8. The van der Waals surface area contributed by atoms with Gasteiger partial charge in [0, 0.05) is 7.89 Å². The number of nitrogens with one attached hydrogen (secondary N) is 1. The predicted molar refractivity (Wildman–Crippen MR) is 37.0 cm³/mol. The molecule has 0 amide bonds. The molecule has 1 atom stereocenters. The number of halogens is 3. The Labute approximate surface area is 75.4 Å². The Morgan fingerprint density at radius 3 is 2.69 bits per heavy atom. The van der Waals surface area contributed by atoms with Crippen molar-refractivity contribution in [2.45, 2.75) is 5.51 Å². The molecule has 0 saturated carbocycles. The van der Waals surface area contributed by atoms with Crippen molar-refractivity contribution in [2.75, 3.05) is 13.1 Å². The Morgan fingerprint density at radius 2 is 2.31 bits per heavy atom. The van der Waals surface area contributed by atoms with Crippen LogP contribution in [-0.2, 0) is 14.3 Å². The van der Waals surface area contributed by atoms with Crippen LogP contribution in [0.2, 0.25) is 1.41 Å². The Kier molecular flexibility index (Phi) is 1.87. The minimum absolute atomic E-state index is 0.469. The van der Waals surface area contributed by atoms with Crippen LogP contribution in [0.1, 0.15) is 1.37 Å². The summed E-state index contributed by atoms with van der Waals surface area (Å²) in [5.41, 5.74) is -5.50. The SMILES string of the molecule is [2H]C1C=C(OS(=O)(=O)C(F)(F)F)CN1[2H]. The number of hydrogen-bond donors (Lipinski definition) is 1. The first-order valence-corrected chi connectivity index (χ1v) is 4.43.